The lowest BCUT2D eigenvalue weighted by Crippen LogP contribution is -2.58. The van der Waals surface area contributed by atoms with Crippen LogP contribution in [0.2, 0.25) is 17.1 Å². The zero-order chi connectivity index (χ0) is 21.0. The first-order valence-corrected chi connectivity index (χ1v) is 12.7. The van der Waals surface area contributed by atoms with Crippen LogP contribution >= 0.6 is 0 Å². The van der Waals surface area contributed by atoms with Crippen LogP contribution in [0.25, 0.3) is 0 Å². The van der Waals surface area contributed by atoms with Crippen molar-refractivity contribution in [2.75, 3.05) is 0 Å². The fraction of sp³-hybridized carbons (Fsp3) is 0.500. The van der Waals surface area contributed by atoms with Gasteiger partial charge in [0.15, 0.2) is 8.32 Å². The standard InChI is InChI=1S/C24H37NO2Si/c1-7-28(8-2,23(4,5)6)27-19(3)22(25)24(26,20-15-11-9-12-16-20)21-17-13-10-14-18-21/h9-19,22,26H,7-8,25H2,1-6H3. The van der Waals surface area contributed by atoms with Crippen LogP contribution < -0.4 is 5.73 Å². The number of hydrogen-bond acceptors (Lipinski definition) is 3. The maximum Gasteiger partial charge on any atom is 0.198 e. The average molecular weight is 400 g/mol. The van der Waals surface area contributed by atoms with Crippen molar-refractivity contribution in [3.8, 4) is 0 Å². The van der Waals surface area contributed by atoms with E-state index in [1.54, 1.807) is 0 Å². The van der Waals surface area contributed by atoms with Gasteiger partial charge in [-0.1, -0.05) is 95.3 Å². The summed E-state index contributed by atoms with van der Waals surface area (Å²) in [6.07, 6.45) is -0.281. The summed E-state index contributed by atoms with van der Waals surface area (Å²) in [7, 11) is -2.04. The number of hydrogen-bond donors (Lipinski definition) is 2. The minimum atomic E-state index is -2.04. The summed E-state index contributed by atoms with van der Waals surface area (Å²) < 4.78 is 6.81. The maximum absolute atomic E-state index is 11.9. The first-order chi connectivity index (χ1) is 13.1. The van der Waals surface area contributed by atoms with E-state index in [2.05, 4.69) is 34.6 Å². The highest BCUT2D eigenvalue weighted by atomic mass is 28.4. The van der Waals surface area contributed by atoms with Gasteiger partial charge in [0.1, 0.15) is 5.60 Å². The molecule has 3 N–H and O–H groups in total. The molecule has 2 aromatic rings. The van der Waals surface area contributed by atoms with Crippen molar-refractivity contribution in [1.29, 1.82) is 0 Å². The van der Waals surface area contributed by atoms with E-state index in [1.807, 2.05) is 67.6 Å². The molecule has 0 spiro atoms. The second kappa shape index (κ2) is 8.91. The fourth-order valence-electron chi connectivity index (χ4n) is 4.36. The van der Waals surface area contributed by atoms with Gasteiger partial charge in [0.25, 0.3) is 0 Å². The molecule has 0 aliphatic carbocycles. The fourth-order valence-corrected chi connectivity index (χ4v) is 8.53. The first kappa shape index (κ1) is 22.8. The quantitative estimate of drug-likeness (QED) is 0.581. The molecular weight excluding hydrogens is 362 g/mol. The Kier molecular flexibility index (Phi) is 7.26. The van der Waals surface area contributed by atoms with Gasteiger partial charge in [-0.3, -0.25) is 0 Å². The Morgan fingerprint density at radius 2 is 1.29 bits per heavy atom. The van der Waals surface area contributed by atoms with E-state index >= 15 is 0 Å². The van der Waals surface area contributed by atoms with Crippen molar-refractivity contribution >= 4 is 8.32 Å². The molecule has 28 heavy (non-hydrogen) atoms. The molecule has 0 saturated heterocycles. The third-order valence-corrected chi connectivity index (χ3v) is 12.2. The zero-order valence-corrected chi connectivity index (χ0v) is 19.3. The maximum atomic E-state index is 11.9. The molecule has 3 nitrogen and oxygen atoms in total. The van der Waals surface area contributed by atoms with Crippen molar-refractivity contribution in [3.05, 3.63) is 71.8 Å². The topological polar surface area (TPSA) is 55.5 Å². The summed E-state index contributed by atoms with van der Waals surface area (Å²) in [5.74, 6) is 0. The molecule has 0 aliphatic heterocycles. The van der Waals surface area contributed by atoms with Gasteiger partial charge < -0.3 is 15.3 Å². The Morgan fingerprint density at radius 3 is 1.61 bits per heavy atom. The van der Waals surface area contributed by atoms with Crippen LogP contribution in [-0.4, -0.2) is 25.6 Å². The Balaban J connectivity index is 2.47. The van der Waals surface area contributed by atoms with E-state index in [1.165, 1.54) is 0 Å². The SMILES string of the molecule is CC[Si](CC)(OC(C)C(N)C(O)(c1ccccc1)c1ccccc1)C(C)(C)C. The van der Waals surface area contributed by atoms with Crippen LogP contribution in [0.1, 0.15) is 52.7 Å². The van der Waals surface area contributed by atoms with E-state index in [0.29, 0.717) is 0 Å². The smallest absolute Gasteiger partial charge is 0.198 e. The molecule has 4 heteroatoms. The van der Waals surface area contributed by atoms with Crippen molar-refractivity contribution < 1.29 is 9.53 Å². The van der Waals surface area contributed by atoms with Crippen LogP contribution in [0.15, 0.2) is 60.7 Å². The summed E-state index contributed by atoms with van der Waals surface area (Å²) in [5, 5.41) is 12.0. The number of nitrogens with two attached hydrogens (primary N) is 1. The third kappa shape index (κ3) is 4.25. The molecule has 0 aromatic heterocycles. The molecule has 0 bridgehead atoms. The molecule has 0 radical (unpaired) electrons. The monoisotopic (exact) mass is 399 g/mol. The van der Waals surface area contributed by atoms with E-state index in [4.69, 9.17) is 10.2 Å². The molecular formula is C24H37NO2Si. The van der Waals surface area contributed by atoms with Gasteiger partial charge in [0.2, 0.25) is 0 Å². The summed E-state index contributed by atoms with van der Waals surface area (Å²) >= 11 is 0. The zero-order valence-electron chi connectivity index (χ0n) is 18.3. The summed E-state index contributed by atoms with van der Waals surface area (Å²) in [4.78, 5) is 0. The highest BCUT2D eigenvalue weighted by molar-refractivity contribution is 6.76. The molecule has 154 valence electrons. The highest BCUT2D eigenvalue weighted by Gasteiger charge is 2.48. The Morgan fingerprint density at radius 1 is 0.893 bits per heavy atom. The minimum Gasteiger partial charge on any atom is -0.412 e. The Bertz CT molecular complexity index is 684. The number of aliphatic hydroxyl groups is 1. The molecule has 0 saturated carbocycles. The number of benzene rings is 2. The average Bonchev–Trinajstić information content (AvgIpc) is 2.71. The van der Waals surface area contributed by atoms with Gasteiger partial charge in [-0.05, 0) is 35.2 Å². The van der Waals surface area contributed by atoms with E-state index in [9.17, 15) is 5.11 Å². The molecule has 0 amide bonds. The van der Waals surface area contributed by atoms with Gasteiger partial charge in [0.05, 0.1) is 12.1 Å². The number of rotatable bonds is 8. The lowest BCUT2D eigenvalue weighted by Gasteiger charge is -2.46. The molecule has 2 rings (SSSR count). The van der Waals surface area contributed by atoms with Crippen molar-refractivity contribution in [2.24, 2.45) is 5.73 Å². The van der Waals surface area contributed by atoms with Crippen LogP contribution in [0.5, 0.6) is 0 Å². The summed E-state index contributed by atoms with van der Waals surface area (Å²) in [6.45, 7) is 13.3. The van der Waals surface area contributed by atoms with Crippen molar-refractivity contribution in [3.63, 3.8) is 0 Å². The molecule has 2 atom stereocenters. The normalized spacial score (nSPS) is 15.3. The molecule has 2 unspecified atom stereocenters. The van der Waals surface area contributed by atoms with E-state index < -0.39 is 20.0 Å². The minimum absolute atomic E-state index is 0.0993. The van der Waals surface area contributed by atoms with Crippen molar-refractivity contribution in [1.82, 2.24) is 0 Å². The van der Waals surface area contributed by atoms with Crippen LogP contribution in [-0.2, 0) is 10.0 Å². The second-order valence-corrected chi connectivity index (χ2v) is 13.9. The van der Waals surface area contributed by atoms with E-state index in [0.717, 1.165) is 23.2 Å². The Hall–Kier alpha value is -1.46. The van der Waals surface area contributed by atoms with Crippen LogP contribution in [0.4, 0.5) is 0 Å². The molecule has 2 aromatic carbocycles. The first-order valence-electron chi connectivity index (χ1n) is 10.4. The Labute approximate surface area is 172 Å². The molecule has 0 aliphatic rings. The highest BCUT2D eigenvalue weighted by Crippen LogP contribution is 2.44. The van der Waals surface area contributed by atoms with E-state index in [-0.39, 0.29) is 11.1 Å². The largest absolute Gasteiger partial charge is 0.412 e. The second-order valence-electron chi connectivity index (χ2n) is 8.80. The van der Waals surface area contributed by atoms with Gasteiger partial charge in [-0.25, -0.2) is 0 Å². The lowest BCUT2D eigenvalue weighted by molar-refractivity contribution is 0.00340. The lowest BCUT2D eigenvalue weighted by atomic mass is 9.78. The summed E-state index contributed by atoms with van der Waals surface area (Å²) in [6, 6.07) is 20.9. The van der Waals surface area contributed by atoms with Gasteiger partial charge in [0, 0.05) is 0 Å². The third-order valence-electron chi connectivity index (χ3n) is 6.34. The predicted molar refractivity (Wildman–Crippen MR) is 121 cm³/mol. The van der Waals surface area contributed by atoms with Gasteiger partial charge >= 0.3 is 0 Å². The molecule has 0 heterocycles. The van der Waals surface area contributed by atoms with Crippen LogP contribution in [0.3, 0.4) is 0 Å². The van der Waals surface area contributed by atoms with Crippen LogP contribution in [0, 0.1) is 0 Å². The predicted octanol–water partition coefficient (Wildman–Crippen LogP) is 5.44. The summed E-state index contributed by atoms with van der Waals surface area (Å²) in [5.41, 5.74) is 7.03. The van der Waals surface area contributed by atoms with Crippen molar-refractivity contribution in [2.45, 2.75) is 76.4 Å². The van der Waals surface area contributed by atoms with Gasteiger partial charge in [-0.15, -0.1) is 0 Å². The van der Waals surface area contributed by atoms with Gasteiger partial charge in [-0.2, -0.15) is 0 Å². The molecule has 0 fully saturated rings.